The molecule has 0 saturated heterocycles. The van der Waals surface area contributed by atoms with Crippen molar-refractivity contribution in [3.63, 3.8) is 0 Å². The Morgan fingerprint density at radius 3 is 2.53 bits per heavy atom. The smallest absolute Gasteiger partial charge is 0.0953 e. The highest BCUT2D eigenvalue weighted by Gasteiger charge is 2.05. The SMILES string of the molecule is CCCCCCC(C#N)NCCN(C)C. The van der Waals surface area contributed by atoms with Crippen LogP contribution in [-0.4, -0.2) is 38.1 Å². The van der Waals surface area contributed by atoms with E-state index in [1.54, 1.807) is 0 Å². The van der Waals surface area contributed by atoms with E-state index >= 15 is 0 Å². The van der Waals surface area contributed by atoms with Crippen molar-refractivity contribution in [1.82, 2.24) is 10.2 Å². The molecule has 0 fully saturated rings. The molecule has 15 heavy (non-hydrogen) atoms. The van der Waals surface area contributed by atoms with Crippen molar-refractivity contribution in [2.75, 3.05) is 27.2 Å². The van der Waals surface area contributed by atoms with Gasteiger partial charge in [0, 0.05) is 13.1 Å². The van der Waals surface area contributed by atoms with Crippen molar-refractivity contribution in [2.45, 2.75) is 45.1 Å². The first-order valence-electron chi connectivity index (χ1n) is 5.98. The highest BCUT2D eigenvalue weighted by molar-refractivity contribution is 4.89. The second-order valence-electron chi connectivity index (χ2n) is 4.29. The summed E-state index contributed by atoms with van der Waals surface area (Å²) in [6.07, 6.45) is 5.95. The van der Waals surface area contributed by atoms with Crippen molar-refractivity contribution in [2.24, 2.45) is 0 Å². The standard InChI is InChI=1S/C12H25N3/c1-4-5-6-7-8-12(11-13)14-9-10-15(2)3/h12,14H,4-10H2,1-3H3. The zero-order valence-electron chi connectivity index (χ0n) is 10.4. The Morgan fingerprint density at radius 1 is 1.27 bits per heavy atom. The topological polar surface area (TPSA) is 39.1 Å². The van der Waals surface area contributed by atoms with Crippen molar-refractivity contribution in [3.8, 4) is 6.07 Å². The fraction of sp³-hybridized carbons (Fsp3) is 0.917. The van der Waals surface area contributed by atoms with Crippen LogP contribution in [0.1, 0.15) is 39.0 Å². The third-order valence-electron chi connectivity index (χ3n) is 2.45. The van der Waals surface area contributed by atoms with Gasteiger partial charge in [-0.1, -0.05) is 32.6 Å². The average Bonchev–Trinajstić information content (AvgIpc) is 2.21. The monoisotopic (exact) mass is 211 g/mol. The lowest BCUT2D eigenvalue weighted by Gasteiger charge is -2.14. The van der Waals surface area contributed by atoms with Crippen molar-refractivity contribution < 1.29 is 0 Å². The van der Waals surface area contributed by atoms with Crippen molar-refractivity contribution in [1.29, 1.82) is 5.26 Å². The van der Waals surface area contributed by atoms with Crippen LogP contribution in [0.4, 0.5) is 0 Å². The Kier molecular flexibility index (Phi) is 9.55. The van der Waals surface area contributed by atoms with Gasteiger partial charge in [0.1, 0.15) is 0 Å². The van der Waals surface area contributed by atoms with Crippen LogP contribution in [0.3, 0.4) is 0 Å². The fourth-order valence-electron chi connectivity index (χ4n) is 1.45. The van der Waals surface area contributed by atoms with E-state index < -0.39 is 0 Å². The summed E-state index contributed by atoms with van der Waals surface area (Å²) in [5.74, 6) is 0. The first kappa shape index (κ1) is 14.4. The summed E-state index contributed by atoms with van der Waals surface area (Å²) in [6.45, 7) is 4.10. The van der Waals surface area contributed by atoms with Gasteiger partial charge in [0.2, 0.25) is 0 Å². The number of nitrogens with zero attached hydrogens (tertiary/aromatic N) is 2. The summed E-state index contributed by atoms with van der Waals surface area (Å²) in [7, 11) is 4.09. The maximum Gasteiger partial charge on any atom is 0.0953 e. The molecule has 0 radical (unpaired) electrons. The second-order valence-corrected chi connectivity index (χ2v) is 4.29. The second kappa shape index (κ2) is 9.95. The molecule has 88 valence electrons. The van der Waals surface area contributed by atoms with Crippen molar-refractivity contribution in [3.05, 3.63) is 0 Å². The molecule has 0 spiro atoms. The van der Waals surface area contributed by atoms with E-state index in [4.69, 9.17) is 5.26 Å². The van der Waals surface area contributed by atoms with Gasteiger partial charge in [0.25, 0.3) is 0 Å². The third-order valence-corrected chi connectivity index (χ3v) is 2.45. The van der Waals surface area contributed by atoms with Gasteiger partial charge in [-0.05, 0) is 20.5 Å². The van der Waals surface area contributed by atoms with Crippen LogP contribution in [0.5, 0.6) is 0 Å². The Balaban J connectivity index is 3.43. The third kappa shape index (κ3) is 9.71. The van der Waals surface area contributed by atoms with E-state index in [2.05, 4.69) is 23.2 Å². The van der Waals surface area contributed by atoms with E-state index in [9.17, 15) is 0 Å². The molecule has 3 heteroatoms. The van der Waals surface area contributed by atoms with Gasteiger partial charge in [0.05, 0.1) is 12.1 Å². The van der Waals surface area contributed by atoms with Crippen LogP contribution < -0.4 is 5.32 Å². The Morgan fingerprint density at radius 2 is 2.00 bits per heavy atom. The van der Waals surface area contributed by atoms with E-state index in [1.165, 1.54) is 25.7 Å². The number of hydrogen-bond donors (Lipinski definition) is 1. The van der Waals surface area contributed by atoms with Gasteiger partial charge in [-0.2, -0.15) is 5.26 Å². The number of rotatable bonds is 9. The summed E-state index contributed by atoms with van der Waals surface area (Å²) in [4.78, 5) is 2.12. The summed E-state index contributed by atoms with van der Waals surface area (Å²) in [6, 6.07) is 2.37. The fourth-order valence-corrected chi connectivity index (χ4v) is 1.45. The summed E-state index contributed by atoms with van der Waals surface area (Å²) < 4.78 is 0. The van der Waals surface area contributed by atoms with Crippen LogP contribution in [0.2, 0.25) is 0 Å². The number of unbranched alkanes of at least 4 members (excludes halogenated alkanes) is 3. The number of hydrogen-bond acceptors (Lipinski definition) is 3. The minimum Gasteiger partial charge on any atom is -0.308 e. The molecule has 1 N–H and O–H groups in total. The molecule has 0 rings (SSSR count). The van der Waals surface area contributed by atoms with E-state index in [0.717, 1.165) is 19.5 Å². The normalized spacial score (nSPS) is 12.7. The molecule has 0 amide bonds. The summed E-state index contributed by atoms with van der Waals surface area (Å²) >= 11 is 0. The van der Waals surface area contributed by atoms with E-state index in [0.29, 0.717) is 0 Å². The van der Waals surface area contributed by atoms with Gasteiger partial charge in [-0.15, -0.1) is 0 Å². The molecule has 0 aromatic heterocycles. The molecule has 0 heterocycles. The quantitative estimate of drug-likeness (QED) is 0.593. The van der Waals surface area contributed by atoms with Gasteiger partial charge in [-0.3, -0.25) is 0 Å². The number of likely N-dealkylation sites (N-methyl/N-ethyl adjacent to an activating group) is 1. The molecule has 0 aliphatic heterocycles. The van der Waals surface area contributed by atoms with Crippen LogP contribution in [-0.2, 0) is 0 Å². The average molecular weight is 211 g/mol. The van der Waals surface area contributed by atoms with Crippen LogP contribution in [0, 0.1) is 11.3 Å². The molecule has 0 aliphatic rings. The highest BCUT2D eigenvalue weighted by Crippen LogP contribution is 2.04. The Bertz CT molecular complexity index is 172. The molecule has 0 bridgehead atoms. The summed E-state index contributed by atoms with van der Waals surface area (Å²) in [5, 5.41) is 12.2. The van der Waals surface area contributed by atoms with Crippen LogP contribution in [0.15, 0.2) is 0 Å². The van der Waals surface area contributed by atoms with E-state index in [1.807, 2.05) is 14.1 Å². The lowest BCUT2D eigenvalue weighted by molar-refractivity contribution is 0.388. The molecule has 0 aromatic carbocycles. The molecule has 1 unspecified atom stereocenters. The number of nitrogens with one attached hydrogen (secondary N) is 1. The van der Waals surface area contributed by atoms with Gasteiger partial charge in [-0.25, -0.2) is 0 Å². The first-order valence-corrected chi connectivity index (χ1v) is 5.98. The highest BCUT2D eigenvalue weighted by atomic mass is 15.1. The lowest BCUT2D eigenvalue weighted by Crippen LogP contribution is -2.33. The van der Waals surface area contributed by atoms with Crippen LogP contribution in [0.25, 0.3) is 0 Å². The van der Waals surface area contributed by atoms with Crippen molar-refractivity contribution >= 4 is 0 Å². The zero-order valence-corrected chi connectivity index (χ0v) is 10.4. The molecule has 0 saturated carbocycles. The Labute approximate surface area is 94.5 Å². The predicted molar refractivity (Wildman–Crippen MR) is 64.7 cm³/mol. The molecular weight excluding hydrogens is 186 g/mol. The van der Waals surface area contributed by atoms with E-state index in [-0.39, 0.29) is 6.04 Å². The maximum absolute atomic E-state index is 8.92. The maximum atomic E-state index is 8.92. The minimum absolute atomic E-state index is 0.0433. The minimum atomic E-state index is 0.0433. The molecule has 3 nitrogen and oxygen atoms in total. The molecule has 1 atom stereocenters. The van der Waals surface area contributed by atoms with Crippen LogP contribution >= 0.6 is 0 Å². The summed E-state index contributed by atoms with van der Waals surface area (Å²) in [5.41, 5.74) is 0. The first-order chi connectivity index (χ1) is 7.20. The van der Waals surface area contributed by atoms with Gasteiger partial charge in [0.15, 0.2) is 0 Å². The Hall–Kier alpha value is -0.590. The zero-order chi connectivity index (χ0) is 11.5. The largest absolute Gasteiger partial charge is 0.308 e. The molecular formula is C12H25N3. The van der Waals surface area contributed by atoms with Gasteiger partial charge >= 0.3 is 0 Å². The van der Waals surface area contributed by atoms with Gasteiger partial charge < -0.3 is 10.2 Å². The molecule has 0 aliphatic carbocycles. The number of nitriles is 1. The lowest BCUT2D eigenvalue weighted by atomic mass is 10.1. The predicted octanol–water partition coefficient (Wildman–Crippen LogP) is 2.00. The molecule has 0 aromatic rings.